The quantitative estimate of drug-likeness (QED) is 0.261. The summed E-state index contributed by atoms with van der Waals surface area (Å²) >= 11 is 0. The molecule has 4 aliphatic rings. The van der Waals surface area contributed by atoms with Gasteiger partial charge in [0.25, 0.3) is 0 Å². The number of aryl methyl sites for hydroxylation is 1. The smallest absolute Gasteiger partial charge is 0.147 e. The number of fused-ring (bicyclic) bond motifs is 6. The number of nitrogens with zero attached hydrogens (tertiary/aromatic N) is 3. The molecular weight excluding hydrogens is 504 g/mol. The molecule has 1 unspecified atom stereocenters. The Morgan fingerprint density at radius 1 is 0.683 bits per heavy atom. The molecular formula is C36H46N4O. The number of hydrogen-bond acceptors (Lipinski definition) is 3. The van der Waals surface area contributed by atoms with Crippen molar-refractivity contribution in [2.75, 3.05) is 6.54 Å². The number of nitrogens with one attached hydrogen (secondary N) is 1. The number of likely N-dealkylation sites (N-methyl/N-ethyl adjacent to an activating group) is 1. The van der Waals surface area contributed by atoms with E-state index in [4.69, 9.17) is 9.98 Å². The molecule has 1 aromatic heterocycles. The Labute approximate surface area is 245 Å². The summed E-state index contributed by atoms with van der Waals surface area (Å²) in [6.07, 6.45) is 14.3. The van der Waals surface area contributed by atoms with Crippen LogP contribution in [0.2, 0.25) is 0 Å². The topological polar surface area (TPSA) is 63.6 Å². The lowest BCUT2D eigenvalue weighted by molar-refractivity contribution is -0.793. The number of quaternary nitrogens is 1. The minimum absolute atomic E-state index is 0.433. The highest BCUT2D eigenvalue weighted by molar-refractivity contribution is 6.29. The molecule has 4 aliphatic heterocycles. The molecule has 1 N–H and O–H groups in total. The predicted molar refractivity (Wildman–Crippen MR) is 173 cm³/mol. The van der Waals surface area contributed by atoms with Gasteiger partial charge in [0.15, 0.2) is 0 Å². The van der Waals surface area contributed by atoms with Crippen LogP contribution < -0.4 is 10.7 Å². The SMILES string of the molecule is CCC1=C(CC)C2=C(CC)C3=C(CC)C(CC)=C(C=C4C=CC(=N4)C=c4cc(CC)c([nH]4)=C(CC)C1=N2)[N+]3([O-])CC. The summed E-state index contributed by atoms with van der Waals surface area (Å²) in [6.45, 7) is 17.9. The summed E-state index contributed by atoms with van der Waals surface area (Å²) in [5, 5.41) is 17.4. The summed E-state index contributed by atoms with van der Waals surface area (Å²) in [4.78, 5) is 14.2. The Morgan fingerprint density at radius 3 is 1.93 bits per heavy atom. The maximum Gasteiger partial charge on any atom is 0.147 e. The van der Waals surface area contributed by atoms with Crippen LogP contribution in [0.3, 0.4) is 0 Å². The number of H-pyrrole nitrogens is 1. The van der Waals surface area contributed by atoms with Crippen LogP contribution in [0.15, 0.2) is 84.9 Å². The van der Waals surface area contributed by atoms with Crippen LogP contribution >= 0.6 is 0 Å². The maximum absolute atomic E-state index is 15.2. The number of allylic oxidation sites excluding steroid dienone is 8. The predicted octanol–water partition coefficient (Wildman–Crippen LogP) is 7.74. The molecule has 8 bridgehead atoms. The third-order valence-electron chi connectivity index (χ3n) is 9.17. The summed E-state index contributed by atoms with van der Waals surface area (Å²) in [6, 6.07) is 2.26. The highest BCUT2D eigenvalue weighted by Gasteiger charge is 2.42. The summed E-state index contributed by atoms with van der Waals surface area (Å²) in [7, 11) is 0. The Morgan fingerprint density at radius 2 is 1.34 bits per heavy atom. The van der Waals surface area contributed by atoms with E-state index in [1.165, 1.54) is 38.8 Å². The van der Waals surface area contributed by atoms with Crippen molar-refractivity contribution < 1.29 is 4.65 Å². The van der Waals surface area contributed by atoms with E-state index >= 15 is 5.21 Å². The average Bonchev–Trinajstić information content (AvgIpc) is 3.74. The number of rotatable bonds is 8. The van der Waals surface area contributed by atoms with Crippen molar-refractivity contribution >= 4 is 23.1 Å². The van der Waals surface area contributed by atoms with E-state index in [9.17, 15) is 0 Å². The highest BCUT2D eigenvalue weighted by atomic mass is 16.5. The summed E-state index contributed by atoms with van der Waals surface area (Å²) in [5.74, 6) is 0. The zero-order valence-corrected chi connectivity index (χ0v) is 26.3. The first-order valence-electron chi connectivity index (χ1n) is 15.9. The third-order valence-corrected chi connectivity index (χ3v) is 9.17. The molecule has 216 valence electrons. The molecule has 5 nitrogen and oxygen atoms in total. The van der Waals surface area contributed by atoms with Crippen molar-refractivity contribution in [3.05, 3.63) is 96.4 Å². The van der Waals surface area contributed by atoms with Gasteiger partial charge in [-0.1, -0.05) is 48.5 Å². The molecule has 0 saturated carbocycles. The molecule has 0 fully saturated rings. The van der Waals surface area contributed by atoms with Gasteiger partial charge in [-0.15, -0.1) is 0 Å². The van der Waals surface area contributed by atoms with Gasteiger partial charge in [-0.3, -0.25) is 4.65 Å². The van der Waals surface area contributed by atoms with E-state index in [1.54, 1.807) is 0 Å². The number of hydroxylamine groups is 3. The van der Waals surface area contributed by atoms with Gasteiger partial charge < -0.3 is 10.2 Å². The van der Waals surface area contributed by atoms with Gasteiger partial charge in [-0.05, 0) is 92.9 Å². The lowest BCUT2D eigenvalue weighted by Crippen LogP contribution is -2.38. The Kier molecular flexibility index (Phi) is 8.22. The van der Waals surface area contributed by atoms with Gasteiger partial charge in [-0.25, -0.2) is 9.98 Å². The van der Waals surface area contributed by atoms with Crippen molar-refractivity contribution in [2.24, 2.45) is 9.98 Å². The largest absolute Gasteiger partial charge is 0.622 e. The van der Waals surface area contributed by atoms with E-state index in [1.807, 2.05) is 13.0 Å². The number of hydrogen-bond donors (Lipinski definition) is 1. The third kappa shape index (κ3) is 4.54. The summed E-state index contributed by atoms with van der Waals surface area (Å²) in [5.41, 5.74) is 14.3. The zero-order valence-electron chi connectivity index (χ0n) is 26.3. The monoisotopic (exact) mass is 550 g/mol. The highest BCUT2D eigenvalue weighted by Crippen LogP contribution is 2.49. The van der Waals surface area contributed by atoms with Gasteiger partial charge in [0.05, 0.1) is 29.4 Å². The zero-order chi connectivity index (χ0) is 29.5. The Balaban J connectivity index is 1.99. The summed E-state index contributed by atoms with van der Waals surface area (Å²) < 4.78 is -0.448. The Bertz CT molecular complexity index is 1660. The number of aromatic nitrogens is 1. The fraction of sp³-hybridized carbons (Fsp3) is 0.444. The van der Waals surface area contributed by atoms with Gasteiger partial charge in [0.1, 0.15) is 11.4 Å². The minimum Gasteiger partial charge on any atom is -0.622 e. The van der Waals surface area contributed by atoms with Crippen molar-refractivity contribution in [2.45, 2.75) is 100 Å². The second kappa shape index (κ2) is 11.5. The minimum atomic E-state index is -0.448. The standard InChI is InChI=1S/C36H46N4O/c1-9-22-19-25-20-23-17-18-24(37-23)21-32-26(10-2)29(13-5)36(40(32,41)16-8)31(15-7)35-28(12-4)27(11-3)34(39-35)30(14-6)33(22)38-25/h17-21,38H,9-16H2,1-8H3. The molecule has 0 spiro atoms. The van der Waals surface area contributed by atoms with Crippen molar-refractivity contribution in [1.82, 2.24) is 4.98 Å². The number of aliphatic imine (C=N–C) groups is 2. The van der Waals surface area contributed by atoms with E-state index in [0.29, 0.717) is 6.54 Å². The van der Waals surface area contributed by atoms with Gasteiger partial charge in [0, 0.05) is 39.1 Å². The van der Waals surface area contributed by atoms with Gasteiger partial charge in [0.2, 0.25) is 0 Å². The van der Waals surface area contributed by atoms with Crippen LogP contribution in [0, 0.1) is 5.21 Å². The molecule has 0 radical (unpaired) electrons. The molecule has 5 heterocycles. The van der Waals surface area contributed by atoms with E-state index in [0.717, 1.165) is 90.1 Å². The van der Waals surface area contributed by atoms with Crippen LogP contribution in [0.4, 0.5) is 0 Å². The first kappa shape index (κ1) is 29.2. The first-order chi connectivity index (χ1) is 19.8. The average molecular weight is 551 g/mol. The van der Waals surface area contributed by atoms with E-state index in [-0.39, 0.29) is 0 Å². The van der Waals surface area contributed by atoms with Crippen molar-refractivity contribution in [1.29, 1.82) is 0 Å². The number of aromatic amines is 1. The normalized spacial score (nSPS) is 22.3. The maximum atomic E-state index is 15.2. The fourth-order valence-electron chi connectivity index (χ4n) is 7.25. The van der Waals surface area contributed by atoms with E-state index in [2.05, 4.69) is 77.7 Å². The molecule has 5 rings (SSSR count). The van der Waals surface area contributed by atoms with Crippen LogP contribution in [-0.4, -0.2) is 27.6 Å². The van der Waals surface area contributed by atoms with Crippen LogP contribution in [0.5, 0.6) is 0 Å². The molecule has 0 aromatic carbocycles. The van der Waals surface area contributed by atoms with Gasteiger partial charge in [-0.2, -0.15) is 0 Å². The molecule has 0 aliphatic carbocycles. The second-order valence-corrected chi connectivity index (χ2v) is 11.2. The van der Waals surface area contributed by atoms with Crippen LogP contribution in [0.25, 0.3) is 11.6 Å². The second-order valence-electron chi connectivity index (χ2n) is 11.2. The Hall–Kier alpha value is -3.28. The first-order valence-corrected chi connectivity index (χ1v) is 15.9. The van der Waals surface area contributed by atoms with Gasteiger partial charge >= 0.3 is 0 Å². The molecule has 1 aromatic rings. The van der Waals surface area contributed by atoms with Crippen molar-refractivity contribution in [3.63, 3.8) is 0 Å². The fourth-order valence-corrected chi connectivity index (χ4v) is 7.25. The lowest BCUT2D eigenvalue weighted by atomic mass is 9.91. The molecule has 5 heteroatoms. The molecule has 0 amide bonds. The molecule has 1 atom stereocenters. The van der Waals surface area contributed by atoms with E-state index < -0.39 is 4.65 Å². The molecule has 0 saturated heterocycles. The van der Waals surface area contributed by atoms with Crippen LogP contribution in [0.1, 0.15) is 99.5 Å². The van der Waals surface area contributed by atoms with Crippen molar-refractivity contribution in [3.8, 4) is 0 Å². The lowest BCUT2D eigenvalue weighted by Gasteiger charge is -2.42. The van der Waals surface area contributed by atoms with Crippen LogP contribution in [-0.2, 0) is 6.42 Å². The molecule has 41 heavy (non-hydrogen) atoms.